The third kappa shape index (κ3) is 11.6. The Balaban J connectivity index is 0.000000200. The Bertz CT molecular complexity index is 2760. The summed E-state index contributed by atoms with van der Waals surface area (Å²) in [5.41, 5.74) is -0.0706. The molecule has 3 aliphatic rings. The first-order chi connectivity index (χ1) is 34.0. The zero-order valence-electron chi connectivity index (χ0n) is 38.3. The van der Waals surface area contributed by atoms with E-state index in [1.165, 1.54) is 39.0 Å². The maximum Gasteiger partial charge on any atom is 0.460 e. The number of ether oxygens (including phenoxy) is 1. The first-order valence-corrected chi connectivity index (χ1v) is 27.5. The van der Waals surface area contributed by atoms with Crippen LogP contribution < -0.4 is 4.74 Å². The van der Waals surface area contributed by atoms with Crippen molar-refractivity contribution >= 4 is 53.7 Å². The van der Waals surface area contributed by atoms with Crippen LogP contribution in [0.4, 0.5) is 57.1 Å². The van der Waals surface area contributed by atoms with Gasteiger partial charge in [-0.2, -0.15) is 65.5 Å². The highest BCUT2D eigenvalue weighted by atomic mass is 32.2. The summed E-state index contributed by atoms with van der Waals surface area (Å²) in [5.74, 6) is -21.4. The van der Waals surface area contributed by atoms with Gasteiger partial charge in [0.15, 0.2) is 29.7 Å². The first kappa shape index (κ1) is 58.0. The fraction of sp³-hybridized carbons (Fsp3) is 0.429. The molecule has 2 bridgehead atoms. The number of hydrogen-bond donors (Lipinski definition) is 0. The van der Waals surface area contributed by atoms with Gasteiger partial charge in [-0.05, 0) is 104 Å². The van der Waals surface area contributed by atoms with E-state index in [1.54, 1.807) is 12.1 Å². The van der Waals surface area contributed by atoms with Gasteiger partial charge in [0, 0.05) is 16.9 Å². The average molecular weight is 1120 g/mol. The number of unbranched alkanes of at least 4 members (excludes halogenated alkanes) is 1. The number of benzene rings is 5. The lowest BCUT2D eigenvalue weighted by Gasteiger charge is -2.36. The molecule has 7 nitrogen and oxygen atoms in total. The summed E-state index contributed by atoms with van der Waals surface area (Å²) < 4.78 is 240. The van der Waals surface area contributed by atoms with E-state index in [9.17, 15) is 78.5 Å². The Kier molecular flexibility index (Phi) is 17.6. The van der Waals surface area contributed by atoms with Crippen molar-refractivity contribution in [2.24, 2.45) is 17.8 Å². The fourth-order valence-electron chi connectivity index (χ4n) is 8.89. The third-order valence-electron chi connectivity index (χ3n) is 12.6. The van der Waals surface area contributed by atoms with E-state index in [1.807, 2.05) is 6.92 Å². The number of rotatable bonds is 16. The quantitative estimate of drug-likeness (QED) is 0.0316. The molecule has 0 radical (unpaired) electrons. The van der Waals surface area contributed by atoms with E-state index >= 15 is 0 Å². The maximum absolute atomic E-state index is 14.4. The summed E-state index contributed by atoms with van der Waals surface area (Å²) in [6.07, 6.45) is -4.43. The lowest BCUT2D eigenvalue weighted by molar-refractivity contribution is -0.383. The van der Waals surface area contributed by atoms with Gasteiger partial charge in [0.2, 0.25) is 0 Å². The molecule has 3 fully saturated rings. The molecule has 4 atom stereocenters. The predicted molar refractivity (Wildman–Crippen MR) is 249 cm³/mol. The predicted octanol–water partition coefficient (Wildman–Crippen LogP) is 14.4. The summed E-state index contributed by atoms with van der Waals surface area (Å²) in [6, 6.07) is 40.9. The molecule has 0 N–H and O–H groups in total. The SMILES string of the molecule is CCCCOc1ccc(C2(OS(=O)(=O)C(F)(F)C(F)(F)C(F)(F)C(F)(F)F)CCCS2)c2ccccc12.O=S(=O)([O-])C(F)(F)C(F)(F)C1CC2CCC1C2.c1ccc([S+](c2ccccc2)c2ccccc2)cc1. The summed E-state index contributed by atoms with van der Waals surface area (Å²) in [4.78, 5) is 1.78. The molecule has 1 heterocycles. The second-order valence-electron chi connectivity index (χ2n) is 17.4. The molecule has 0 aromatic heterocycles. The first-order valence-electron chi connectivity index (χ1n) is 22.5. The number of thioether (sulfide) groups is 1. The lowest BCUT2D eigenvalue weighted by Crippen LogP contribution is -2.63. The van der Waals surface area contributed by atoms with Crippen LogP contribution in [0.25, 0.3) is 10.8 Å². The van der Waals surface area contributed by atoms with Crippen LogP contribution in [-0.2, 0) is 40.2 Å². The molecule has 2 saturated carbocycles. The van der Waals surface area contributed by atoms with Gasteiger partial charge in [-0.15, -0.1) is 11.8 Å². The highest BCUT2D eigenvalue weighted by molar-refractivity contribution is 8.01. The molecule has 400 valence electrons. The van der Waals surface area contributed by atoms with Crippen LogP contribution in [0.2, 0.25) is 0 Å². The molecule has 0 spiro atoms. The minimum absolute atomic E-state index is 0.0146. The van der Waals surface area contributed by atoms with E-state index in [-0.39, 0.29) is 52.8 Å². The van der Waals surface area contributed by atoms with Gasteiger partial charge in [-0.3, -0.25) is 0 Å². The summed E-state index contributed by atoms with van der Waals surface area (Å²) in [6.45, 7) is 2.24. The van der Waals surface area contributed by atoms with Crippen molar-refractivity contribution in [3.05, 3.63) is 133 Å². The summed E-state index contributed by atoms with van der Waals surface area (Å²) in [7, 11) is -13.4. The second kappa shape index (κ2) is 22.2. The van der Waals surface area contributed by atoms with E-state index in [0.29, 0.717) is 55.2 Å². The Morgan fingerprint density at radius 3 is 1.58 bits per heavy atom. The standard InChI is InChI=1S/C22H21F9O4S2.C18H15S.C9H12F4O3S/c1-2-3-12-34-17-10-9-16(14-7-4-5-8-15(14)17)18(11-6-13-36-18)35-37(32,33)22(30,31)20(25,26)19(23,24)21(27,28)29;1-4-10-16(11-5-1)19(17-12-6-2-7-13-17)18-14-8-3-9-15-18;10-8(11,9(12,13)17(14,15)16)7-4-5-1-2-6(7)3-5/h4-5,7-10H,2-3,6,11-13H2,1H3;1-15H;5-7H,1-4H2,(H,14,15,16)/q;+1;/p-1. The van der Waals surface area contributed by atoms with Crippen molar-refractivity contribution in [3.8, 4) is 5.75 Å². The minimum atomic E-state index is -7.37. The molecule has 24 heteroatoms. The van der Waals surface area contributed by atoms with Gasteiger partial charge in [0.25, 0.3) is 0 Å². The fourth-order valence-corrected chi connectivity index (χ4v) is 14.3. The van der Waals surface area contributed by atoms with Crippen LogP contribution in [0.1, 0.15) is 63.9 Å². The zero-order valence-corrected chi connectivity index (χ0v) is 41.6. The third-order valence-corrected chi connectivity index (χ3v) is 18.6. The highest BCUT2D eigenvalue weighted by Gasteiger charge is 2.86. The van der Waals surface area contributed by atoms with Gasteiger partial charge in [0.05, 0.1) is 17.5 Å². The molecule has 1 saturated heterocycles. The van der Waals surface area contributed by atoms with Crippen LogP contribution in [0, 0.1) is 17.8 Å². The van der Waals surface area contributed by atoms with Crippen molar-refractivity contribution in [1.29, 1.82) is 0 Å². The van der Waals surface area contributed by atoms with Crippen LogP contribution >= 0.6 is 11.8 Å². The van der Waals surface area contributed by atoms with Crippen LogP contribution in [0.5, 0.6) is 5.75 Å². The number of fused-ring (bicyclic) bond motifs is 3. The molecule has 5 aromatic rings. The number of alkyl halides is 13. The normalized spacial score (nSPS) is 20.8. The molecular formula is C49H47F13O7S4. The molecule has 5 aromatic carbocycles. The molecule has 73 heavy (non-hydrogen) atoms. The monoisotopic (exact) mass is 1120 g/mol. The Hall–Kier alpha value is -4.23. The number of halogens is 13. The van der Waals surface area contributed by atoms with Gasteiger partial charge in [-0.1, -0.05) is 105 Å². The molecule has 1 aliphatic heterocycles. The van der Waals surface area contributed by atoms with Crippen LogP contribution in [-0.4, -0.2) is 68.2 Å². The maximum atomic E-state index is 14.4. The van der Waals surface area contributed by atoms with Crippen molar-refractivity contribution in [3.63, 3.8) is 0 Å². The largest absolute Gasteiger partial charge is 0.743 e. The zero-order chi connectivity index (χ0) is 53.9. The molecule has 8 rings (SSSR count). The summed E-state index contributed by atoms with van der Waals surface area (Å²) >= 11 is 0.622. The van der Waals surface area contributed by atoms with Crippen molar-refractivity contribution in [2.45, 2.75) is 112 Å². The second-order valence-corrected chi connectivity index (χ2v) is 23.8. The molecule has 4 unspecified atom stereocenters. The van der Waals surface area contributed by atoms with Crippen LogP contribution in [0.3, 0.4) is 0 Å². The molecule has 0 amide bonds. The van der Waals surface area contributed by atoms with Crippen molar-refractivity contribution in [1.82, 2.24) is 0 Å². The smallest absolute Gasteiger partial charge is 0.460 e. The highest BCUT2D eigenvalue weighted by Crippen LogP contribution is 2.60. The Morgan fingerprint density at radius 1 is 0.644 bits per heavy atom. The van der Waals surface area contributed by atoms with Gasteiger partial charge >= 0.3 is 44.6 Å². The summed E-state index contributed by atoms with van der Waals surface area (Å²) in [5, 5.41) is -11.8. The van der Waals surface area contributed by atoms with Gasteiger partial charge in [-0.25, -0.2) is 12.6 Å². The van der Waals surface area contributed by atoms with E-state index in [4.69, 9.17) is 4.74 Å². The Morgan fingerprint density at radius 2 is 1.15 bits per heavy atom. The lowest BCUT2D eigenvalue weighted by atomic mass is 9.84. The minimum Gasteiger partial charge on any atom is -0.743 e. The van der Waals surface area contributed by atoms with Gasteiger partial charge < -0.3 is 9.29 Å². The van der Waals surface area contributed by atoms with E-state index in [2.05, 4.69) is 95.2 Å². The van der Waals surface area contributed by atoms with E-state index < -0.39 is 71.5 Å². The van der Waals surface area contributed by atoms with Crippen molar-refractivity contribution in [2.75, 3.05) is 12.4 Å². The molecule has 2 aliphatic carbocycles. The Labute approximate surface area is 420 Å². The van der Waals surface area contributed by atoms with Crippen molar-refractivity contribution < 1.29 is 87.4 Å². The topological polar surface area (TPSA) is 110 Å². The van der Waals surface area contributed by atoms with Crippen LogP contribution in [0.15, 0.2) is 142 Å². The number of hydrogen-bond acceptors (Lipinski definition) is 8. The average Bonchev–Trinajstić information content (AvgIpc) is 4.12. The van der Waals surface area contributed by atoms with E-state index in [0.717, 1.165) is 6.42 Å². The van der Waals surface area contributed by atoms with Gasteiger partial charge in [0.1, 0.15) is 5.75 Å². The molecular weight excluding hydrogens is 1080 g/mol.